The first kappa shape index (κ1) is 7.94. The van der Waals surface area contributed by atoms with E-state index in [4.69, 9.17) is 5.73 Å². The van der Waals surface area contributed by atoms with E-state index in [9.17, 15) is 4.79 Å². The molecule has 1 aromatic rings. The molecule has 0 amide bonds. The zero-order chi connectivity index (χ0) is 8.27. The Labute approximate surface area is 64.7 Å². The van der Waals surface area contributed by atoms with Crippen LogP contribution in [0.1, 0.15) is 6.92 Å². The van der Waals surface area contributed by atoms with Crippen molar-refractivity contribution in [1.29, 1.82) is 0 Å². The highest BCUT2D eigenvalue weighted by molar-refractivity contribution is 4.81. The smallest absolute Gasteiger partial charge is 0.326 e. The van der Waals surface area contributed by atoms with Gasteiger partial charge in [-0.3, -0.25) is 4.57 Å². The van der Waals surface area contributed by atoms with Crippen LogP contribution in [0.15, 0.2) is 23.3 Å². The minimum Gasteiger partial charge on any atom is -0.326 e. The van der Waals surface area contributed by atoms with Gasteiger partial charge in [0.05, 0.1) is 0 Å². The predicted octanol–water partition coefficient (Wildman–Crippen LogP) is -0.410. The number of nitrogens with two attached hydrogens (primary N) is 1. The molecular formula is C7H11N3O. The van der Waals surface area contributed by atoms with Crippen molar-refractivity contribution in [3.05, 3.63) is 28.9 Å². The van der Waals surface area contributed by atoms with E-state index < -0.39 is 0 Å². The van der Waals surface area contributed by atoms with Crippen LogP contribution in [0, 0.1) is 0 Å². The van der Waals surface area contributed by atoms with Gasteiger partial charge in [0.25, 0.3) is 0 Å². The van der Waals surface area contributed by atoms with Gasteiger partial charge < -0.3 is 5.73 Å². The van der Waals surface area contributed by atoms with E-state index in [0.29, 0.717) is 6.54 Å². The summed E-state index contributed by atoms with van der Waals surface area (Å²) < 4.78 is 1.49. The topological polar surface area (TPSA) is 60.9 Å². The van der Waals surface area contributed by atoms with Crippen molar-refractivity contribution in [3.63, 3.8) is 0 Å². The molecule has 0 aliphatic carbocycles. The lowest BCUT2D eigenvalue weighted by molar-refractivity contribution is 0.563. The Balaban J connectivity index is 2.87. The minimum absolute atomic E-state index is 0.0168. The molecule has 0 aliphatic rings. The van der Waals surface area contributed by atoms with E-state index in [1.165, 1.54) is 10.8 Å². The highest BCUT2D eigenvalue weighted by atomic mass is 16.1. The molecule has 2 N–H and O–H groups in total. The lowest BCUT2D eigenvalue weighted by Crippen LogP contribution is -2.30. The third-order valence-corrected chi connectivity index (χ3v) is 1.27. The van der Waals surface area contributed by atoms with E-state index in [1.54, 1.807) is 12.3 Å². The maximum atomic E-state index is 11.0. The number of hydrogen-bond donors (Lipinski definition) is 1. The molecule has 0 saturated heterocycles. The Bertz CT molecular complexity index is 279. The Kier molecular flexibility index (Phi) is 2.38. The van der Waals surface area contributed by atoms with Crippen LogP contribution in [0.4, 0.5) is 0 Å². The Hall–Kier alpha value is -1.16. The van der Waals surface area contributed by atoms with Crippen LogP contribution in [-0.4, -0.2) is 15.6 Å². The van der Waals surface area contributed by atoms with E-state index in [-0.39, 0.29) is 11.7 Å². The zero-order valence-electron chi connectivity index (χ0n) is 6.40. The second kappa shape index (κ2) is 3.30. The van der Waals surface area contributed by atoms with Gasteiger partial charge in [0.2, 0.25) is 0 Å². The summed E-state index contributed by atoms with van der Waals surface area (Å²) in [6.07, 6.45) is 3.15. The summed E-state index contributed by atoms with van der Waals surface area (Å²) >= 11 is 0. The highest BCUT2D eigenvalue weighted by Crippen LogP contribution is 1.82. The molecule has 0 bridgehead atoms. The number of aromatic nitrogens is 2. The summed E-state index contributed by atoms with van der Waals surface area (Å²) in [6.45, 7) is 2.37. The molecule has 60 valence electrons. The van der Waals surface area contributed by atoms with Crippen molar-refractivity contribution in [3.8, 4) is 0 Å². The quantitative estimate of drug-likeness (QED) is 0.628. The Morgan fingerprint density at radius 2 is 2.55 bits per heavy atom. The van der Waals surface area contributed by atoms with Crippen molar-refractivity contribution in [2.75, 3.05) is 0 Å². The van der Waals surface area contributed by atoms with Crippen LogP contribution in [0.25, 0.3) is 0 Å². The number of rotatable bonds is 2. The first-order chi connectivity index (χ1) is 5.20. The molecule has 1 atom stereocenters. The van der Waals surface area contributed by atoms with Crippen LogP contribution in [-0.2, 0) is 6.54 Å². The molecule has 0 saturated carbocycles. The molecule has 0 aliphatic heterocycles. The highest BCUT2D eigenvalue weighted by Gasteiger charge is 1.97. The van der Waals surface area contributed by atoms with Gasteiger partial charge in [0, 0.05) is 25.0 Å². The first-order valence-corrected chi connectivity index (χ1v) is 3.47. The predicted molar refractivity (Wildman–Crippen MR) is 42.1 cm³/mol. The molecule has 4 heteroatoms. The van der Waals surface area contributed by atoms with Gasteiger partial charge in [-0.25, -0.2) is 9.78 Å². The Morgan fingerprint density at radius 1 is 1.82 bits per heavy atom. The fourth-order valence-corrected chi connectivity index (χ4v) is 0.836. The molecule has 0 spiro atoms. The zero-order valence-corrected chi connectivity index (χ0v) is 6.40. The Morgan fingerprint density at radius 3 is 3.09 bits per heavy atom. The molecule has 0 aromatic carbocycles. The molecule has 0 fully saturated rings. The molecule has 4 nitrogen and oxygen atoms in total. The maximum absolute atomic E-state index is 11.0. The van der Waals surface area contributed by atoms with E-state index >= 15 is 0 Å². The van der Waals surface area contributed by atoms with Crippen molar-refractivity contribution < 1.29 is 0 Å². The standard InChI is InChI=1S/C7H11N3O/c1-6(8)5-10-4-2-3-9-7(10)11/h2-4,6H,5,8H2,1H3/t6-/m1/s1. The third kappa shape index (κ3) is 2.16. The largest absolute Gasteiger partial charge is 0.347 e. The molecule has 1 rings (SSSR count). The SMILES string of the molecule is C[C@@H](N)Cn1cccnc1=O. The van der Waals surface area contributed by atoms with Crippen LogP contribution in [0.3, 0.4) is 0 Å². The molecular weight excluding hydrogens is 142 g/mol. The molecule has 1 heterocycles. The lowest BCUT2D eigenvalue weighted by atomic mass is 10.3. The van der Waals surface area contributed by atoms with Gasteiger partial charge in [0.15, 0.2) is 0 Å². The van der Waals surface area contributed by atoms with Crippen molar-refractivity contribution >= 4 is 0 Å². The molecule has 11 heavy (non-hydrogen) atoms. The van der Waals surface area contributed by atoms with Crippen LogP contribution >= 0.6 is 0 Å². The fourth-order valence-electron chi connectivity index (χ4n) is 0.836. The maximum Gasteiger partial charge on any atom is 0.347 e. The summed E-state index contributed by atoms with van der Waals surface area (Å²) in [5.41, 5.74) is 5.26. The lowest BCUT2D eigenvalue weighted by Gasteiger charge is -2.05. The van der Waals surface area contributed by atoms with Crippen molar-refractivity contribution in [2.24, 2.45) is 5.73 Å². The van der Waals surface area contributed by atoms with Crippen LogP contribution < -0.4 is 11.4 Å². The van der Waals surface area contributed by atoms with Gasteiger partial charge in [0.1, 0.15) is 0 Å². The van der Waals surface area contributed by atoms with E-state index in [0.717, 1.165) is 0 Å². The van der Waals surface area contributed by atoms with Crippen LogP contribution in [0.5, 0.6) is 0 Å². The average Bonchev–Trinajstić information content (AvgIpc) is 1.93. The summed E-state index contributed by atoms with van der Waals surface area (Å²) in [7, 11) is 0. The van der Waals surface area contributed by atoms with Gasteiger partial charge >= 0.3 is 5.69 Å². The fraction of sp³-hybridized carbons (Fsp3) is 0.429. The molecule has 1 aromatic heterocycles. The van der Waals surface area contributed by atoms with Crippen LogP contribution in [0.2, 0.25) is 0 Å². The van der Waals surface area contributed by atoms with Gasteiger partial charge in [-0.15, -0.1) is 0 Å². The van der Waals surface area contributed by atoms with Crippen molar-refractivity contribution in [2.45, 2.75) is 19.5 Å². The summed E-state index contributed by atoms with van der Waals surface area (Å²) in [6, 6.07) is 1.70. The summed E-state index contributed by atoms with van der Waals surface area (Å²) in [5, 5.41) is 0. The van der Waals surface area contributed by atoms with Crippen molar-refractivity contribution in [1.82, 2.24) is 9.55 Å². The number of hydrogen-bond acceptors (Lipinski definition) is 3. The summed E-state index contributed by atoms with van der Waals surface area (Å²) in [5.74, 6) is 0. The third-order valence-electron chi connectivity index (χ3n) is 1.27. The molecule has 0 unspecified atom stereocenters. The van der Waals surface area contributed by atoms with Gasteiger partial charge in [-0.05, 0) is 13.0 Å². The summed E-state index contributed by atoms with van der Waals surface area (Å²) in [4.78, 5) is 14.5. The van der Waals surface area contributed by atoms with E-state index in [1.807, 2.05) is 6.92 Å². The first-order valence-electron chi connectivity index (χ1n) is 3.47. The second-order valence-corrected chi connectivity index (χ2v) is 2.53. The average molecular weight is 153 g/mol. The number of nitrogens with zero attached hydrogens (tertiary/aromatic N) is 2. The molecule has 0 radical (unpaired) electrons. The second-order valence-electron chi connectivity index (χ2n) is 2.53. The monoisotopic (exact) mass is 153 g/mol. The van der Waals surface area contributed by atoms with Gasteiger partial charge in [-0.1, -0.05) is 0 Å². The van der Waals surface area contributed by atoms with Gasteiger partial charge in [-0.2, -0.15) is 0 Å². The van der Waals surface area contributed by atoms with E-state index in [2.05, 4.69) is 4.98 Å². The minimum atomic E-state index is -0.246. The normalized spacial score (nSPS) is 12.9.